The Balaban J connectivity index is 2.20. The fourth-order valence-electron chi connectivity index (χ4n) is 2.76. The third-order valence-corrected chi connectivity index (χ3v) is 5.37. The number of aliphatic hydroxyl groups is 1. The fraction of sp³-hybridized carbons (Fsp3) is 0.455. The van der Waals surface area contributed by atoms with Gasteiger partial charge in [0.25, 0.3) is 0 Å². The molecule has 0 bridgehead atoms. The first kappa shape index (κ1) is 22.8. The van der Waals surface area contributed by atoms with Crippen LogP contribution in [0.3, 0.4) is 0 Å². The molecule has 6 heteroatoms. The highest BCUT2D eigenvalue weighted by Crippen LogP contribution is 2.40. The van der Waals surface area contributed by atoms with Gasteiger partial charge in [0, 0.05) is 5.41 Å². The molecule has 0 aliphatic rings. The van der Waals surface area contributed by atoms with E-state index < -0.39 is 6.10 Å². The maximum Gasteiger partial charge on any atom is 0.156 e. The minimum atomic E-state index is -0.547. The first-order valence-electron chi connectivity index (χ1n) is 9.53. The van der Waals surface area contributed by atoms with Crippen molar-refractivity contribution in [2.24, 2.45) is 5.73 Å². The van der Waals surface area contributed by atoms with Crippen LogP contribution in [0.15, 0.2) is 36.4 Å². The average molecular weight is 426 g/mol. The van der Waals surface area contributed by atoms with Crippen molar-refractivity contribution < 1.29 is 14.6 Å². The van der Waals surface area contributed by atoms with E-state index in [1.165, 1.54) is 0 Å². The van der Waals surface area contributed by atoms with Crippen molar-refractivity contribution in [2.75, 3.05) is 19.8 Å². The molecule has 154 valence electrons. The standard InChI is InChI=1S/C22H29Cl2NO3/c1-4-17(26)14-28-21-19(23)12-16(13-20(21)24)22(2,3)15-6-8-18(9-7-15)27-11-5-10-25/h6-9,12-13,17,26H,4-5,10-11,14,25H2,1-3H3. The Morgan fingerprint density at radius 3 is 2.18 bits per heavy atom. The van der Waals surface area contributed by atoms with Gasteiger partial charge in [0.05, 0.1) is 22.8 Å². The van der Waals surface area contributed by atoms with Crippen molar-refractivity contribution in [3.05, 3.63) is 57.6 Å². The molecule has 0 radical (unpaired) electrons. The molecule has 2 rings (SSSR count). The predicted octanol–water partition coefficient (Wildman–Crippen LogP) is 5.20. The van der Waals surface area contributed by atoms with Gasteiger partial charge in [-0.2, -0.15) is 0 Å². The Bertz CT molecular complexity index is 740. The van der Waals surface area contributed by atoms with Crippen LogP contribution < -0.4 is 15.2 Å². The second kappa shape index (κ2) is 10.4. The molecule has 3 N–H and O–H groups in total. The zero-order valence-corrected chi connectivity index (χ0v) is 18.2. The predicted molar refractivity (Wildman–Crippen MR) is 116 cm³/mol. The third kappa shape index (κ3) is 5.77. The second-order valence-electron chi connectivity index (χ2n) is 7.28. The smallest absolute Gasteiger partial charge is 0.156 e. The SMILES string of the molecule is CCC(O)COc1c(Cl)cc(C(C)(C)c2ccc(OCCCN)cc2)cc1Cl. The van der Waals surface area contributed by atoms with Crippen molar-refractivity contribution in [2.45, 2.75) is 45.1 Å². The highest BCUT2D eigenvalue weighted by atomic mass is 35.5. The van der Waals surface area contributed by atoms with Gasteiger partial charge in [0.15, 0.2) is 5.75 Å². The van der Waals surface area contributed by atoms with Gasteiger partial charge in [-0.3, -0.25) is 0 Å². The molecule has 2 aromatic rings. The van der Waals surface area contributed by atoms with E-state index in [1.807, 2.05) is 43.3 Å². The molecule has 1 unspecified atom stereocenters. The van der Waals surface area contributed by atoms with Crippen LogP contribution in [0.25, 0.3) is 0 Å². The van der Waals surface area contributed by atoms with Gasteiger partial charge in [-0.15, -0.1) is 0 Å². The molecular weight excluding hydrogens is 397 g/mol. The topological polar surface area (TPSA) is 64.7 Å². The maximum absolute atomic E-state index is 9.70. The van der Waals surface area contributed by atoms with E-state index >= 15 is 0 Å². The van der Waals surface area contributed by atoms with E-state index in [-0.39, 0.29) is 12.0 Å². The molecular formula is C22H29Cl2NO3. The monoisotopic (exact) mass is 425 g/mol. The summed E-state index contributed by atoms with van der Waals surface area (Å²) in [5.74, 6) is 1.22. The summed E-state index contributed by atoms with van der Waals surface area (Å²) < 4.78 is 11.3. The molecule has 0 aliphatic heterocycles. The number of aliphatic hydroxyl groups excluding tert-OH is 1. The van der Waals surface area contributed by atoms with E-state index in [4.69, 9.17) is 38.4 Å². The summed E-state index contributed by atoms with van der Waals surface area (Å²) in [6.45, 7) is 7.49. The Hall–Kier alpha value is -1.46. The van der Waals surface area contributed by atoms with Crippen molar-refractivity contribution in [3.63, 3.8) is 0 Å². The van der Waals surface area contributed by atoms with Crippen molar-refractivity contribution in [1.82, 2.24) is 0 Å². The Morgan fingerprint density at radius 1 is 1.04 bits per heavy atom. The number of rotatable bonds is 10. The van der Waals surface area contributed by atoms with Crippen LogP contribution in [-0.4, -0.2) is 31.0 Å². The summed E-state index contributed by atoms with van der Waals surface area (Å²) in [7, 11) is 0. The molecule has 0 aromatic heterocycles. The normalized spacial score (nSPS) is 12.7. The molecule has 0 spiro atoms. The first-order chi connectivity index (χ1) is 13.3. The van der Waals surface area contributed by atoms with E-state index in [9.17, 15) is 5.11 Å². The summed E-state index contributed by atoms with van der Waals surface area (Å²) in [6.07, 6.45) is 0.883. The number of nitrogens with two attached hydrogens (primary N) is 1. The largest absolute Gasteiger partial charge is 0.494 e. The number of halogens is 2. The molecule has 0 amide bonds. The molecule has 0 heterocycles. The highest BCUT2D eigenvalue weighted by Gasteiger charge is 2.26. The Kier molecular flexibility index (Phi) is 8.44. The van der Waals surface area contributed by atoms with Crippen LogP contribution in [0.2, 0.25) is 10.0 Å². The van der Waals surface area contributed by atoms with Gasteiger partial charge in [0.1, 0.15) is 12.4 Å². The zero-order valence-electron chi connectivity index (χ0n) is 16.7. The first-order valence-corrected chi connectivity index (χ1v) is 10.3. The quantitative estimate of drug-likeness (QED) is 0.513. The van der Waals surface area contributed by atoms with Gasteiger partial charge in [-0.05, 0) is 54.8 Å². The van der Waals surface area contributed by atoms with Gasteiger partial charge < -0.3 is 20.3 Å². The van der Waals surface area contributed by atoms with Gasteiger partial charge in [-0.1, -0.05) is 56.1 Å². The van der Waals surface area contributed by atoms with Crippen LogP contribution >= 0.6 is 23.2 Å². The Labute approximate surface area is 177 Å². The molecule has 0 aliphatic carbocycles. The van der Waals surface area contributed by atoms with Crippen LogP contribution in [0.1, 0.15) is 44.7 Å². The summed E-state index contributed by atoms with van der Waals surface area (Å²) in [6, 6.07) is 11.7. The van der Waals surface area contributed by atoms with Crippen molar-refractivity contribution in [1.29, 1.82) is 0 Å². The summed E-state index contributed by atoms with van der Waals surface area (Å²) >= 11 is 12.9. The molecule has 1 atom stereocenters. The van der Waals surface area contributed by atoms with E-state index in [2.05, 4.69) is 13.8 Å². The summed E-state index contributed by atoms with van der Waals surface area (Å²) in [5, 5.41) is 10.6. The molecule has 0 fully saturated rings. The van der Waals surface area contributed by atoms with Crippen molar-refractivity contribution >= 4 is 23.2 Å². The molecule has 0 saturated carbocycles. The van der Waals surface area contributed by atoms with Gasteiger partial charge in [-0.25, -0.2) is 0 Å². The minimum absolute atomic E-state index is 0.157. The minimum Gasteiger partial charge on any atom is -0.494 e. The maximum atomic E-state index is 9.70. The zero-order chi connectivity index (χ0) is 20.7. The molecule has 28 heavy (non-hydrogen) atoms. The van der Waals surface area contributed by atoms with E-state index in [1.54, 1.807) is 0 Å². The molecule has 4 nitrogen and oxygen atoms in total. The lowest BCUT2D eigenvalue weighted by Gasteiger charge is -2.27. The third-order valence-electron chi connectivity index (χ3n) is 4.80. The lowest BCUT2D eigenvalue weighted by Crippen LogP contribution is -2.20. The Morgan fingerprint density at radius 2 is 1.64 bits per heavy atom. The second-order valence-corrected chi connectivity index (χ2v) is 8.10. The number of hydrogen-bond acceptors (Lipinski definition) is 4. The van der Waals surface area contributed by atoms with Crippen LogP contribution in [0.4, 0.5) is 0 Å². The lowest BCUT2D eigenvalue weighted by molar-refractivity contribution is 0.104. The average Bonchev–Trinajstić information content (AvgIpc) is 2.67. The highest BCUT2D eigenvalue weighted by molar-refractivity contribution is 6.37. The number of hydrogen-bond donors (Lipinski definition) is 2. The van der Waals surface area contributed by atoms with Crippen LogP contribution in [0, 0.1) is 0 Å². The summed E-state index contributed by atoms with van der Waals surface area (Å²) in [4.78, 5) is 0. The molecule has 0 saturated heterocycles. The van der Waals surface area contributed by atoms with E-state index in [0.717, 1.165) is 23.3 Å². The van der Waals surface area contributed by atoms with Crippen LogP contribution in [-0.2, 0) is 5.41 Å². The number of ether oxygens (including phenoxy) is 2. The summed E-state index contributed by atoms with van der Waals surface area (Å²) in [5.41, 5.74) is 7.26. The van der Waals surface area contributed by atoms with Crippen LogP contribution in [0.5, 0.6) is 11.5 Å². The van der Waals surface area contributed by atoms with Crippen molar-refractivity contribution in [3.8, 4) is 11.5 Å². The van der Waals surface area contributed by atoms with Gasteiger partial charge in [0.2, 0.25) is 0 Å². The van der Waals surface area contributed by atoms with E-state index in [0.29, 0.717) is 35.4 Å². The van der Waals surface area contributed by atoms with Gasteiger partial charge >= 0.3 is 0 Å². The molecule has 2 aromatic carbocycles. The number of benzene rings is 2. The lowest BCUT2D eigenvalue weighted by atomic mass is 9.78. The fourth-order valence-corrected chi connectivity index (χ4v) is 3.36.